The second kappa shape index (κ2) is 9.92. The number of amides is 2. The van der Waals surface area contributed by atoms with Crippen molar-refractivity contribution in [3.05, 3.63) is 34.9 Å². The van der Waals surface area contributed by atoms with E-state index in [0.717, 1.165) is 0 Å². The molecule has 2 heterocycles. The van der Waals surface area contributed by atoms with Gasteiger partial charge in [-0.05, 0) is 24.3 Å². The summed E-state index contributed by atoms with van der Waals surface area (Å²) in [4.78, 5) is 28.2. The van der Waals surface area contributed by atoms with Crippen molar-refractivity contribution in [2.75, 3.05) is 51.8 Å². The zero-order valence-electron chi connectivity index (χ0n) is 16.9. The van der Waals surface area contributed by atoms with Gasteiger partial charge in [-0.3, -0.25) is 9.59 Å². The zero-order chi connectivity index (χ0) is 21.7. The van der Waals surface area contributed by atoms with E-state index in [-0.39, 0.29) is 37.0 Å². The van der Waals surface area contributed by atoms with Crippen LogP contribution in [0.4, 0.5) is 5.82 Å². The maximum absolute atomic E-state index is 13.5. The smallest absolute Gasteiger partial charge is 0.261 e. The van der Waals surface area contributed by atoms with E-state index in [9.17, 15) is 14.7 Å². The van der Waals surface area contributed by atoms with Crippen molar-refractivity contribution in [1.82, 2.24) is 15.0 Å². The van der Waals surface area contributed by atoms with Crippen LogP contribution < -0.4 is 5.32 Å². The number of halogens is 1. The molecule has 1 aliphatic rings. The van der Waals surface area contributed by atoms with Crippen molar-refractivity contribution >= 4 is 29.2 Å². The summed E-state index contributed by atoms with van der Waals surface area (Å²) in [5.41, 5.74) is 0.910. The van der Waals surface area contributed by atoms with E-state index in [0.29, 0.717) is 41.9 Å². The molecule has 2 N–H and O–H groups in total. The van der Waals surface area contributed by atoms with Crippen LogP contribution in [0.3, 0.4) is 0 Å². The zero-order valence-corrected chi connectivity index (χ0v) is 17.7. The Hall–Kier alpha value is -2.62. The fraction of sp³-hybridized carbons (Fsp3) is 0.450. The lowest BCUT2D eigenvalue weighted by Crippen LogP contribution is -2.38. The number of rotatable bonds is 6. The second-order valence-corrected chi connectivity index (χ2v) is 7.47. The third-order valence-electron chi connectivity index (χ3n) is 4.85. The van der Waals surface area contributed by atoms with Crippen LogP contribution in [0.5, 0.6) is 0 Å². The molecular formula is C20H25ClN4O5. The second-order valence-electron chi connectivity index (χ2n) is 7.03. The summed E-state index contributed by atoms with van der Waals surface area (Å²) < 4.78 is 10.6. The number of aliphatic hydroxyl groups excluding tert-OH is 1. The van der Waals surface area contributed by atoms with E-state index in [4.69, 9.17) is 20.9 Å². The Morgan fingerprint density at radius 3 is 2.60 bits per heavy atom. The van der Waals surface area contributed by atoms with Crippen LogP contribution in [0.2, 0.25) is 5.02 Å². The van der Waals surface area contributed by atoms with E-state index in [1.54, 1.807) is 31.4 Å². The molecule has 30 heavy (non-hydrogen) atoms. The number of anilines is 1. The molecule has 1 atom stereocenters. The van der Waals surface area contributed by atoms with Gasteiger partial charge in [0.1, 0.15) is 5.56 Å². The average Bonchev–Trinajstić information content (AvgIpc) is 3.02. The average molecular weight is 437 g/mol. The molecule has 10 heteroatoms. The predicted molar refractivity (Wildman–Crippen MR) is 111 cm³/mol. The van der Waals surface area contributed by atoms with Gasteiger partial charge in [0.25, 0.3) is 5.91 Å². The minimum absolute atomic E-state index is 0.103. The number of hydrogen-bond acceptors (Lipinski definition) is 7. The van der Waals surface area contributed by atoms with Gasteiger partial charge in [0.15, 0.2) is 11.6 Å². The first-order valence-corrected chi connectivity index (χ1v) is 9.99. The number of methoxy groups -OCH3 is 1. The van der Waals surface area contributed by atoms with Crippen molar-refractivity contribution in [3.8, 4) is 11.3 Å². The Bertz CT molecular complexity index is 886. The monoisotopic (exact) mass is 436 g/mol. The molecule has 0 radical (unpaired) electrons. The number of hydrogen-bond donors (Lipinski definition) is 2. The fourth-order valence-corrected chi connectivity index (χ4v) is 3.42. The summed E-state index contributed by atoms with van der Waals surface area (Å²) in [6, 6.07) is 6.89. The van der Waals surface area contributed by atoms with Crippen molar-refractivity contribution in [2.45, 2.75) is 13.0 Å². The van der Waals surface area contributed by atoms with Crippen LogP contribution in [-0.4, -0.2) is 84.4 Å². The molecule has 162 valence electrons. The molecule has 1 fully saturated rings. The molecule has 9 nitrogen and oxygen atoms in total. The van der Waals surface area contributed by atoms with Gasteiger partial charge in [0, 0.05) is 57.3 Å². The first-order chi connectivity index (χ1) is 14.4. The number of nitrogens with one attached hydrogen (secondary N) is 1. The molecule has 1 aromatic heterocycles. The van der Waals surface area contributed by atoms with E-state index in [2.05, 4.69) is 10.5 Å². The van der Waals surface area contributed by atoms with E-state index in [1.165, 1.54) is 16.7 Å². The standard InChI is InChI=1S/C20H25ClN4O5/c1-13(26)24-8-9-25(12-16(27)11-24)20(28)17-18(14-3-5-15(21)6-4-14)30-23-19(17)22-7-10-29-2/h3-6,16,27H,7-12H2,1-2H3,(H,22,23). The number of aliphatic hydroxyl groups is 1. The minimum atomic E-state index is -0.843. The minimum Gasteiger partial charge on any atom is -0.389 e. The van der Waals surface area contributed by atoms with E-state index < -0.39 is 6.10 Å². The van der Waals surface area contributed by atoms with Crippen LogP contribution in [0.25, 0.3) is 11.3 Å². The third-order valence-corrected chi connectivity index (χ3v) is 5.10. The highest BCUT2D eigenvalue weighted by Gasteiger charge is 2.32. The van der Waals surface area contributed by atoms with Gasteiger partial charge in [0.2, 0.25) is 5.91 Å². The highest BCUT2D eigenvalue weighted by atomic mass is 35.5. The van der Waals surface area contributed by atoms with Gasteiger partial charge in [-0.2, -0.15) is 0 Å². The van der Waals surface area contributed by atoms with E-state index >= 15 is 0 Å². The lowest BCUT2D eigenvalue weighted by molar-refractivity contribution is -0.129. The van der Waals surface area contributed by atoms with Gasteiger partial charge in [0.05, 0.1) is 12.7 Å². The molecule has 0 spiro atoms. The van der Waals surface area contributed by atoms with Crippen LogP contribution in [-0.2, 0) is 9.53 Å². The molecule has 0 saturated carbocycles. The number of benzene rings is 1. The van der Waals surface area contributed by atoms with E-state index in [1.807, 2.05) is 0 Å². The molecule has 1 aliphatic heterocycles. The van der Waals surface area contributed by atoms with Gasteiger partial charge >= 0.3 is 0 Å². The maximum atomic E-state index is 13.5. The van der Waals surface area contributed by atoms with Crippen LogP contribution in [0.15, 0.2) is 28.8 Å². The Kier molecular flexibility index (Phi) is 7.30. The van der Waals surface area contributed by atoms with Gasteiger partial charge in [-0.15, -0.1) is 0 Å². The van der Waals surface area contributed by atoms with Crippen LogP contribution >= 0.6 is 11.6 Å². The van der Waals surface area contributed by atoms with Crippen molar-refractivity contribution in [2.24, 2.45) is 0 Å². The molecule has 1 aromatic carbocycles. The Labute approximate surface area is 179 Å². The summed E-state index contributed by atoms with van der Waals surface area (Å²) in [6.07, 6.45) is -0.843. The largest absolute Gasteiger partial charge is 0.389 e. The summed E-state index contributed by atoms with van der Waals surface area (Å²) in [7, 11) is 1.58. The normalized spacial score (nSPS) is 17.0. The fourth-order valence-electron chi connectivity index (χ4n) is 3.30. The van der Waals surface area contributed by atoms with Gasteiger partial charge in [-0.1, -0.05) is 16.8 Å². The molecule has 2 aromatic rings. The number of carbonyl (C=O) groups is 2. The molecule has 0 bridgehead atoms. The topological polar surface area (TPSA) is 108 Å². The third kappa shape index (κ3) is 5.10. The Morgan fingerprint density at radius 1 is 1.27 bits per heavy atom. The first-order valence-electron chi connectivity index (χ1n) is 9.62. The molecule has 1 saturated heterocycles. The number of β-amino-alcohol motifs (C(OH)–C–C–N with tert-alkyl or cyclic N) is 1. The lowest BCUT2D eigenvalue weighted by atomic mass is 10.1. The number of nitrogens with zero attached hydrogens (tertiary/aromatic N) is 3. The van der Waals surface area contributed by atoms with Crippen molar-refractivity contribution in [1.29, 1.82) is 0 Å². The number of aromatic nitrogens is 1. The summed E-state index contributed by atoms with van der Waals surface area (Å²) in [5.74, 6) is 0.116. The summed E-state index contributed by atoms with van der Waals surface area (Å²) >= 11 is 5.98. The Morgan fingerprint density at radius 2 is 1.93 bits per heavy atom. The quantitative estimate of drug-likeness (QED) is 0.663. The van der Waals surface area contributed by atoms with Gasteiger partial charge < -0.3 is 29.5 Å². The highest BCUT2D eigenvalue weighted by Crippen LogP contribution is 2.31. The van der Waals surface area contributed by atoms with Crippen molar-refractivity contribution in [3.63, 3.8) is 0 Å². The molecule has 3 rings (SSSR count). The summed E-state index contributed by atoms with van der Waals surface area (Å²) in [5, 5.41) is 18.0. The SMILES string of the molecule is COCCNc1noc(-c2ccc(Cl)cc2)c1C(=O)N1CCN(C(C)=O)CC(O)C1. The number of carbonyl (C=O) groups excluding carboxylic acids is 2. The molecule has 0 aliphatic carbocycles. The Balaban J connectivity index is 1.92. The molecular weight excluding hydrogens is 412 g/mol. The molecule has 2 amide bonds. The number of ether oxygens (including phenoxy) is 1. The van der Waals surface area contributed by atoms with Gasteiger partial charge in [-0.25, -0.2) is 0 Å². The molecule has 1 unspecified atom stereocenters. The maximum Gasteiger partial charge on any atom is 0.261 e. The summed E-state index contributed by atoms with van der Waals surface area (Å²) in [6.45, 7) is 3.22. The predicted octanol–water partition coefficient (Wildman–Crippen LogP) is 1.72. The first kappa shape index (κ1) is 22.1. The van der Waals surface area contributed by atoms with Crippen molar-refractivity contribution < 1.29 is 24.0 Å². The van der Waals surface area contributed by atoms with Crippen LogP contribution in [0.1, 0.15) is 17.3 Å². The van der Waals surface area contributed by atoms with Crippen LogP contribution in [0, 0.1) is 0 Å². The lowest BCUT2D eigenvalue weighted by Gasteiger charge is -2.22. The highest BCUT2D eigenvalue weighted by molar-refractivity contribution is 6.30.